The molecule has 0 aliphatic heterocycles. The third kappa shape index (κ3) is 3.39. The van der Waals surface area contributed by atoms with E-state index in [4.69, 9.17) is 0 Å². The predicted molar refractivity (Wildman–Crippen MR) is 113 cm³/mol. The lowest BCUT2D eigenvalue weighted by Crippen LogP contribution is -2.33. The molecule has 0 fully saturated rings. The van der Waals surface area contributed by atoms with Gasteiger partial charge < -0.3 is 5.32 Å². The summed E-state index contributed by atoms with van der Waals surface area (Å²) in [5.41, 5.74) is 2.40. The van der Waals surface area contributed by atoms with Crippen LogP contribution < -0.4 is 9.88 Å². The summed E-state index contributed by atoms with van der Waals surface area (Å²) in [5, 5.41) is 7.12. The highest BCUT2D eigenvalue weighted by atomic mass is 32.1. The summed E-state index contributed by atoms with van der Waals surface area (Å²) in [6, 6.07) is 23.4. The van der Waals surface area contributed by atoms with Gasteiger partial charge >= 0.3 is 0 Å². The monoisotopic (exact) mass is 357 g/mol. The normalized spacial score (nSPS) is 11.9. The van der Waals surface area contributed by atoms with Crippen LogP contribution >= 0.6 is 11.3 Å². The van der Waals surface area contributed by atoms with Crippen molar-refractivity contribution < 1.29 is 4.57 Å². The number of allylic oxidation sites excluding steroid dienone is 2. The molecule has 0 aliphatic rings. The van der Waals surface area contributed by atoms with Gasteiger partial charge in [-0.1, -0.05) is 59.9 Å². The quantitative estimate of drug-likeness (QED) is 0.342. The minimum atomic E-state index is 0.975. The molecule has 4 rings (SSSR count). The van der Waals surface area contributed by atoms with Gasteiger partial charge in [0.1, 0.15) is 11.2 Å². The van der Waals surface area contributed by atoms with Gasteiger partial charge in [0.15, 0.2) is 0 Å². The van der Waals surface area contributed by atoms with Crippen LogP contribution in [0.15, 0.2) is 85.1 Å². The first-order valence-corrected chi connectivity index (χ1v) is 9.67. The Morgan fingerprint density at radius 1 is 0.923 bits per heavy atom. The predicted octanol–water partition coefficient (Wildman–Crippen LogP) is 6.00. The lowest BCUT2D eigenvalue weighted by atomic mass is 10.1. The third-order valence-electron chi connectivity index (χ3n) is 4.40. The summed E-state index contributed by atoms with van der Waals surface area (Å²) in [5.74, 6) is 0. The van der Waals surface area contributed by atoms with Crippen molar-refractivity contribution in [1.82, 2.24) is 0 Å². The highest BCUT2D eigenvalue weighted by Crippen LogP contribution is 2.21. The fraction of sp³-hybridized carbons (Fsp3) is 0.0870. The van der Waals surface area contributed by atoms with E-state index in [9.17, 15) is 0 Å². The van der Waals surface area contributed by atoms with E-state index in [2.05, 4.69) is 95.7 Å². The molecule has 4 aromatic rings. The van der Waals surface area contributed by atoms with Gasteiger partial charge in [0, 0.05) is 24.0 Å². The average molecular weight is 358 g/mol. The molecule has 1 aromatic heterocycles. The van der Waals surface area contributed by atoms with Crippen LogP contribution in [-0.2, 0) is 6.54 Å². The molecule has 0 bridgehead atoms. The van der Waals surface area contributed by atoms with Crippen LogP contribution in [0.4, 0.5) is 5.69 Å². The lowest BCUT2D eigenvalue weighted by molar-refractivity contribution is -0.665. The highest BCUT2D eigenvalue weighted by Gasteiger charge is 2.15. The molecular formula is C23H21N2S+. The SMILES string of the molecule is CC[n+]1c(/C=C\C=C\Nc2ccc3ccccc3c2)sc2ccccc21. The molecule has 3 aromatic carbocycles. The van der Waals surface area contributed by atoms with Crippen molar-refractivity contribution in [3.05, 3.63) is 90.1 Å². The number of nitrogens with one attached hydrogen (secondary N) is 1. The molecule has 2 nitrogen and oxygen atoms in total. The number of hydrogen-bond acceptors (Lipinski definition) is 2. The smallest absolute Gasteiger partial charge is 0.262 e. The second kappa shape index (κ2) is 7.54. The van der Waals surface area contributed by atoms with E-state index in [-0.39, 0.29) is 0 Å². The van der Waals surface area contributed by atoms with Crippen LogP contribution in [0.2, 0.25) is 0 Å². The van der Waals surface area contributed by atoms with Crippen molar-refractivity contribution >= 4 is 44.1 Å². The van der Waals surface area contributed by atoms with Gasteiger partial charge in [0.05, 0.1) is 0 Å². The molecule has 26 heavy (non-hydrogen) atoms. The number of para-hydroxylation sites is 1. The standard InChI is InChI=1S/C23H20N2S/c1-2-25-21-11-5-6-12-22(21)26-23(25)13-7-8-16-24-20-15-14-18-9-3-4-10-19(18)17-20/h3-17H,2H2,1H3/p+1. The van der Waals surface area contributed by atoms with Crippen LogP contribution in [0, 0.1) is 0 Å². The number of hydrogen-bond donors (Lipinski definition) is 1. The van der Waals surface area contributed by atoms with Crippen LogP contribution in [0.3, 0.4) is 0 Å². The van der Waals surface area contributed by atoms with Crippen LogP contribution in [0.25, 0.3) is 27.1 Å². The van der Waals surface area contributed by atoms with Gasteiger partial charge in [0.2, 0.25) is 5.52 Å². The average Bonchev–Trinajstić information content (AvgIpc) is 3.05. The number of thiazole rings is 1. The van der Waals surface area contributed by atoms with E-state index in [1.807, 2.05) is 23.6 Å². The van der Waals surface area contributed by atoms with Crippen molar-refractivity contribution in [3.63, 3.8) is 0 Å². The van der Waals surface area contributed by atoms with Crippen LogP contribution in [-0.4, -0.2) is 0 Å². The Morgan fingerprint density at radius 2 is 1.73 bits per heavy atom. The molecule has 0 radical (unpaired) electrons. The molecular weight excluding hydrogens is 336 g/mol. The van der Waals surface area contributed by atoms with Crippen molar-refractivity contribution in [2.24, 2.45) is 0 Å². The van der Waals surface area contributed by atoms with Crippen molar-refractivity contribution in [3.8, 4) is 0 Å². The molecule has 0 spiro atoms. The fourth-order valence-corrected chi connectivity index (χ4v) is 4.26. The van der Waals surface area contributed by atoms with Gasteiger partial charge in [-0.3, -0.25) is 0 Å². The van der Waals surface area contributed by atoms with E-state index in [1.54, 1.807) is 0 Å². The van der Waals surface area contributed by atoms with E-state index >= 15 is 0 Å². The molecule has 0 atom stereocenters. The number of nitrogens with zero attached hydrogens (tertiary/aromatic N) is 1. The fourth-order valence-electron chi connectivity index (χ4n) is 3.12. The van der Waals surface area contributed by atoms with Gasteiger partial charge in [-0.25, -0.2) is 0 Å². The number of aromatic nitrogens is 1. The molecule has 3 heteroatoms. The Kier molecular flexibility index (Phi) is 4.80. The number of aryl methyl sites for hydroxylation is 1. The van der Waals surface area contributed by atoms with Gasteiger partial charge in [-0.05, 0) is 42.0 Å². The number of benzene rings is 3. The second-order valence-corrected chi connectivity index (χ2v) is 7.14. The van der Waals surface area contributed by atoms with Crippen molar-refractivity contribution in [1.29, 1.82) is 0 Å². The van der Waals surface area contributed by atoms with E-state index in [1.165, 1.54) is 26.0 Å². The maximum absolute atomic E-state index is 3.34. The first-order chi connectivity index (χ1) is 12.8. The zero-order valence-corrected chi connectivity index (χ0v) is 15.5. The zero-order valence-electron chi connectivity index (χ0n) is 14.7. The Bertz CT molecular complexity index is 1110. The Balaban J connectivity index is 1.47. The highest BCUT2D eigenvalue weighted by molar-refractivity contribution is 7.18. The second-order valence-electron chi connectivity index (χ2n) is 6.08. The first-order valence-electron chi connectivity index (χ1n) is 8.85. The molecule has 128 valence electrons. The summed E-state index contributed by atoms with van der Waals surface area (Å²) >= 11 is 1.83. The summed E-state index contributed by atoms with van der Waals surface area (Å²) in [4.78, 5) is 0. The van der Waals surface area contributed by atoms with Crippen molar-refractivity contribution in [2.45, 2.75) is 13.5 Å². The lowest BCUT2D eigenvalue weighted by Gasteiger charge is -2.02. The van der Waals surface area contributed by atoms with E-state index in [0.29, 0.717) is 0 Å². The minimum absolute atomic E-state index is 0.975. The third-order valence-corrected chi connectivity index (χ3v) is 5.53. The van der Waals surface area contributed by atoms with Crippen molar-refractivity contribution in [2.75, 3.05) is 5.32 Å². The number of rotatable bonds is 5. The summed E-state index contributed by atoms with van der Waals surface area (Å²) < 4.78 is 3.67. The molecule has 1 N–H and O–H groups in total. The minimum Gasteiger partial charge on any atom is -0.362 e. The molecule has 0 unspecified atom stereocenters. The summed E-state index contributed by atoms with van der Waals surface area (Å²) in [6.07, 6.45) is 8.28. The number of anilines is 1. The van der Waals surface area contributed by atoms with Crippen LogP contribution in [0.1, 0.15) is 11.9 Å². The molecule has 0 amide bonds. The maximum atomic E-state index is 3.34. The van der Waals surface area contributed by atoms with Crippen LogP contribution in [0.5, 0.6) is 0 Å². The molecule has 0 aliphatic carbocycles. The molecule has 0 saturated carbocycles. The molecule has 1 heterocycles. The Hall–Kier alpha value is -2.91. The maximum Gasteiger partial charge on any atom is 0.262 e. The zero-order chi connectivity index (χ0) is 17.8. The summed E-state index contributed by atoms with van der Waals surface area (Å²) in [6.45, 7) is 3.16. The Labute approximate surface area is 157 Å². The summed E-state index contributed by atoms with van der Waals surface area (Å²) in [7, 11) is 0. The topological polar surface area (TPSA) is 15.9 Å². The first kappa shape index (κ1) is 16.6. The largest absolute Gasteiger partial charge is 0.362 e. The molecule has 0 saturated heterocycles. The Morgan fingerprint density at radius 3 is 2.62 bits per heavy atom. The van der Waals surface area contributed by atoms with E-state index in [0.717, 1.165) is 12.2 Å². The number of fused-ring (bicyclic) bond motifs is 2. The van der Waals surface area contributed by atoms with Gasteiger partial charge in [-0.2, -0.15) is 4.57 Å². The van der Waals surface area contributed by atoms with Gasteiger partial charge in [-0.15, -0.1) is 0 Å². The van der Waals surface area contributed by atoms with Gasteiger partial charge in [0.25, 0.3) is 5.01 Å². The van der Waals surface area contributed by atoms with E-state index < -0.39 is 0 Å².